The van der Waals surface area contributed by atoms with E-state index in [1.165, 1.54) is 19.5 Å². The van der Waals surface area contributed by atoms with Crippen molar-refractivity contribution in [2.24, 2.45) is 11.1 Å². The van der Waals surface area contributed by atoms with E-state index in [9.17, 15) is 0 Å². The van der Waals surface area contributed by atoms with Gasteiger partial charge in [0.05, 0.1) is 5.69 Å². The van der Waals surface area contributed by atoms with Gasteiger partial charge in [-0.1, -0.05) is 6.07 Å². The number of hydrogen-bond acceptors (Lipinski definition) is 4. The minimum atomic E-state index is 0.523. The van der Waals surface area contributed by atoms with Crippen LogP contribution in [0.2, 0.25) is 0 Å². The van der Waals surface area contributed by atoms with Crippen molar-refractivity contribution in [2.45, 2.75) is 13.0 Å². The maximum absolute atomic E-state index is 5.62. The van der Waals surface area contributed by atoms with Crippen molar-refractivity contribution in [3.63, 3.8) is 0 Å². The Balaban J connectivity index is 1.68. The number of likely N-dealkylation sites (tertiary alicyclic amines) is 1. The van der Waals surface area contributed by atoms with E-state index in [1.807, 2.05) is 6.07 Å². The predicted octanol–water partition coefficient (Wildman–Crippen LogP) is 0.682. The summed E-state index contributed by atoms with van der Waals surface area (Å²) < 4.78 is 0. The number of anilines is 1. The van der Waals surface area contributed by atoms with Gasteiger partial charge < -0.3 is 15.5 Å². The standard InChI is InChI=1S/C13H20N4/c1-16-6-5-13(8-16)9-17(10-13)12-4-2-3-11(7-14)15-12/h2-4H,5-10,14H2,1H3. The molecule has 2 N–H and O–H groups in total. The van der Waals surface area contributed by atoms with Crippen molar-refractivity contribution in [2.75, 3.05) is 38.1 Å². The molecule has 1 aromatic rings. The van der Waals surface area contributed by atoms with Gasteiger partial charge in [0.1, 0.15) is 5.82 Å². The molecule has 0 unspecified atom stereocenters. The van der Waals surface area contributed by atoms with E-state index in [0.29, 0.717) is 12.0 Å². The van der Waals surface area contributed by atoms with Gasteiger partial charge in [0.2, 0.25) is 0 Å². The van der Waals surface area contributed by atoms with Crippen LogP contribution in [0.1, 0.15) is 12.1 Å². The highest BCUT2D eigenvalue weighted by Crippen LogP contribution is 2.40. The molecule has 0 bridgehead atoms. The van der Waals surface area contributed by atoms with Gasteiger partial charge in [-0.25, -0.2) is 4.98 Å². The van der Waals surface area contributed by atoms with Crippen LogP contribution in [0.4, 0.5) is 5.82 Å². The Labute approximate surface area is 102 Å². The summed E-state index contributed by atoms with van der Waals surface area (Å²) in [5.41, 5.74) is 7.14. The average molecular weight is 232 g/mol. The van der Waals surface area contributed by atoms with E-state index in [4.69, 9.17) is 5.73 Å². The largest absolute Gasteiger partial charge is 0.355 e. The van der Waals surface area contributed by atoms with Crippen molar-refractivity contribution in [3.05, 3.63) is 23.9 Å². The van der Waals surface area contributed by atoms with Crippen molar-refractivity contribution in [1.82, 2.24) is 9.88 Å². The van der Waals surface area contributed by atoms with Gasteiger partial charge in [-0.2, -0.15) is 0 Å². The van der Waals surface area contributed by atoms with Crippen LogP contribution < -0.4 is 10.6 Å². The van der Waals surface area contributed by atoms with Crippen molar-refractivity contribution in [3.8, 4) is 0 Å². The number of nitrogens with two attached hydrogens (primary N) is 1. The molecule has 2 fully saturated rings. The molecule has 1 aromatic heterocycles. The predicted molar refractivity (Wildman–Crippen MR) is 68.9 cm³/mol. The monoisotopic (exact) mass is 232 g/mol. The van der Waals surface area contributed by atoms with Gasteiger partial charge in [0, 0.05) is 31.6 Å². The third-order valence-corrected chi connectivity index (χ3v) is 4.01. The van der Waals surface area contributed by atoms with Crippen LogP contribution in [0.15, 0.2) is 18.2 Å². The number of pyridine rings is 1. The molecule has 3 heterocycles. The SMILES string of the molecule is CN1CCC2(C1)CN(c1cccc(CN)n1)C2. The molecule has 4 nitrogen and oxygen atoms in total. The highest BCUT2D eigenvalue weighted by molar-refractivity contribution is 5.44. The molecule has 0 aliphatic carbocycles. The minimum Gasteiger partial charge on any atom is -0.355 e. The summed E-state index contributed by atoms with van der Waals surface area (Å²) in [5.74, 6) is 1.09. The molecular formula is C13H20N4. The first-order valence-electron chi connectivity index (χ1n) is 6.30. The van der Waals surface area contributed by atoms with Crippen LogP contribution in [0.3, 0.4) is 0 Å². The second-order valence-corrected chi connectivity index (χ2v) is 5.54. The minimum absolute atomic E-state index is 0.523. The van der Waals surface area contributed by atoms with Crippen LogP contribution in [0.5, 0.6) is 0 Å². The normalized spacial score (nSPS) is 23.1. The molecule has 0 atom stereocenters. The summed E-state index contributed by atoms with van der Waals surface area (Å²) in [6, 6.07) is 6.13. The van der Waals surface area contributed by atoms with Gasteiger partial charge in [-0.05, 0) is 32.1 Å². The molecule has 0 saturated carbocycles. The fourth-order valence-electron chi connectivity index (χ4n) is 3.10. The summed E-state index contributed by atoms with van der Waals surface area (Å²) in [7, 11) is 2.21. The lowest BCUT2D eigenvalue weighted by atomic mass is 9.79. The van der Waals surface area contributed by atoms with E-state index in [2.05, 4.69) is 34.0 Å². The lowest BCUT2D eigenvalue weighted by Crippen LogP contribution is -2.57. The van der Waals surface area contributed by atoms with Gasteiger partial charge in [-0.3, -0.25) is 0 Å². The van der Waals surface area contributed by atoms with Gasteiger partial charge >= 0.3 is 0 Å². The fourth-order valence-corrected chi connectivity index (χ4v) is 3.10. The zero-order valence-corrected chi connectivity index (χ0v) is 10.4. The molecule has 0 radical (unpaired) electrons. The topological polar surface area (TPSA) is 45.4 Å². The van der Waals surface area contributed by atoms with E-state index in [1.54, 1.807) is 0 Å². The van der Waals surface area contributed by atoms with E-state index in [-0.39, 0.29) is 0 Å². The molecule has 2 saturated heterocycles. The van der Waals surface area contributed by atoms with Crippen LogP contribution in [0, 0.1) is 5.41 Å². The number of nitrogens with zero attached hydrogens (tertiary/aromatic N) is 3. The first-order valence-corrected chi connectivity index (χ1v) is 6.30. The third-order valence-electron chi connectivity index (χ3n) is 4.01. The van der Waals surface area contributed by atoms with E-state index < -0.39 is 0 Å². The number of aromatic nitrogens is 1. The molecule has 92 valence electrons. The first kappa shape index (κ1) is 11.0. The van der Waals surface area contributed by atoms with Gasteiger partial charge in [-0.15, -0.1) is 0 Å². The third kappa shape index (κ3) is 1.91. The van der Waals surface area contributed by atoms with Crippen molar-refractivity contribution < 1.29 is 0 Å². The number of hydrogen-bond donors (Lipinski definition) is 1. The molecule has 17 heavy (non-hydrogen) atoms. The van der Waals surface area contributed by atoms with Crippen molar-refractivity contribution >= 4 is 5.82 Å². The Bertz CT molecular complexity index is 412. The zero-order chi connectivity index (χ0) is 11.9. The Morgan fingerprint density at radius 1 is 1.35 bits per heavy atom. The summed E-state index contributed by atoms with van der Waals surface area (Å²) in [5, 5.41) is 0. The summed E-state index contributed by atoms with van der Waals surface area (Å²) in [4.78, 5) is 9.38. The molecule has 4 heteroatoms. The first-order chi connectivity index (χ1) is 8.21. The Morgan fingerprint density at radius 2 is 2.18 bits per heavy atom. The van der Waals surface area contributed by atoms with E-state index in [0.717, 1.165) is 24.6 Å². The molecule has 3 rings (SSSR count). The quantitative estimate of drug-likeness (QED) is 0.814. The lowest BCUT2D eigenvalue weighted by molar-refractivity contribution is 0.216. The summed E-state index contributed by atoms with van der Waals surface area (Å²) in [6.45, 7) is 5.30. The molecule has 2 aliphatic heterocycles. The Hall–Kier alpha value is -1.13. The van der Waals surface area contributed by atoms with Crippen LogP contribution >= 0.6 is 0 Å². The highest BCUT2D eigenvalue weighted by Gasteiger charge is 2.47. The Kier molecular flexibility index (Phi) is 2.56. The highest BCUT2D eigenvalue weighted by atomic mass is 15.3. The second kappa shape index (κ2) is 3.96. The Morgan fingerprint density at radius 3 is 2.82 bits per heavy atom. The molecule has 2 aliphatic rings. The zero-order valence-electron chi connectivity index (χ0n) is 10.4. The van der Waals surface area contributed by atoms with Crippen LogP contribution in [-0.4, -0.2) is 43.1 Å². The maximum Gasteiger partial charge on any atom is 0.128 e. The fraction of sp³-hybridized carbons (Fsp3) is 0.615. The average Bonchev–Trinajstić information content (AvgIpc) is 2.70. The smallest absolute Gasteiger partial charge is 0.128 e. The van der Waals surface area contributed by atoms with Gasteiger partial charge in [0.15, 0.2) is 0 Å². The van der Waals surface area contributed by atoms with E-state index >= 15 is 0 Å². The second-order valence-electron chi connectivity index (χ2n) is 5.54. The van der Waals surface area contributed by atoms with Crippen LogP contribution in [-0.2, 0) is 6.54 Å². The number of rotatable bonds is 2. The van der Waals surface area contributed by atoms with Crippen LogP contribution in [0.25, 0.3) is 0 Å². The molecule has 1 spiro atoms. The summed E-state index contributed by atoms with van der Waals surface area (Å²) in [6.07, 6.45) is 1.33. The maximum atomic E-state index is 5.62. The molecular weight excluding hydrogens is 212 g/mol. The molecule has 0 aromatic carbocycles. The van der Waals surface area contributed by atoms with Gasteiger partial charge in [0.25, 0.3) is 0 Å². The summed E-state index contributed by atoms with van der Waals surface area (Å²) >= 11 is 0. The molecule has 0 amide bonds. The van der Waals surface area contributed by atoms with Crippen molar-refractivity contribution in [1.29, 1.82) is 0 Å². The lowest BCUT2D eigenvalue weighted by Gasteiger charge is -2.48.